The van der Waals surface area contributed by atoms with Crippen molar-refractivity contribution in [3.63, 3.8) is 0 Å². The first kappa shape index (κ1) is 11.1. The van der Waals surface area contributed by atoms with Crippen LogP contribution in [0.3, 0.4) is 0 Å². The Hall–Kier alpha value is -1.36. The van der Waals surface area contributed by atoms with Crippen molar-refractivity contribution in [2.24, 2.45) is 5.92 Å². The molecule has 2 atom stereocenters. The summed E-state index contributed by atoms with van der Waals surface area (Å²) in [4.78, 5) is 11.8. The van der Waals surface area contributed by atoms with Crippen molar-refractivity contribution < 1.29 is 9.53 Å². The van der Waals surface area contributed by atoms with E-state index in [0.29, 0.717) is 18.0 Å². The average molecular weight is 223 g/mol. The summed E-state index contributed by atoms with van der Waals surface area (Å²) in [5.41, 5.74) is 1.42. The van der Waals surface area contributed by atoms with E-state index in [1.54, 1.807) is 6.20 Å². The van der Waals surface area contributed by atoms with Crippen LogP contribution >= 0.6 is 0 Å². The third-order valence-corrected chi connectivity index (χ3v) is 3.13. The highest BCUT2D eigenvalue weighted by Gasteiger charge is 2.24. The maximum absolute atomic E-state index is 11.8. The number of hydrogen-bond donors (Lipinski definition) is 2. The number of aromatic nitrogens is 2. The zero-order chi connectivity index (χ0) is 11.5. The molecule has 1 aliphatic rings. The van der Waals surface area contributed by atoms with Crippen molar-refractivity contribution in [1.82, 2.24) is 15.5 Å². The number of amides is 1. The molecular formula is C11H17N3O2. The second-order valence-electron chi connectivity index (χ2n) is 4.24. The van der Waals surface area contributed by atoms with E-state index in [1.807, 2.05) is 13.8 Å². The fourth-order valence-electron chi connectivity index (χ4n) is 1.94. The van der Waals surface area contributed by atoms with Gasteiger partial charge in [0, 0.05) is 24.8 Å². The lowest BCUT2D eigenvalue weighted by atomic mass is 10.0. The molecule has 0 spiro atoms. The molecule has 1 saturated heterocycles. The molecule has 2 unspecified atom stereocenters. The van der Waals surface area contributed by atoms with Crippen molar-refractivity contribution in [1.29, 1.82) is 0 Å². The van der Waals surface area contributed by atoms with Crippen LogP contribution in [0, 0.1) is 12.8 Å². The minimum absolute atomic E-state index is 0.0645. The summed E-state index contributed by atoms with van der Waals surface area (Å²) in [6.45, 7) is 5.35. The molecule has 5 heteroatoms. The first-order chi connectivity index (χ1) is 7.68. The molecule has 0 radical (unpaired) electrons. The molecule has 5 nitrogen and oxygen atoms in total. The molecule has 1 aromatic rings. The van der Waals surface area contributed by atoms with Crippen molar-refractivity contribution in [2.75, 3.05) is 13.2 Å². The Morgan fingerprint density at radius 1 is 1.75 bits per heavy atom. The number of hydrogen-bond acceptors (Lipinski definition) is 3. The average Bonchev–Trinajstić information content (AvgIpc) is 2.84. The third-order valence-electron chi connectivity index (χ3n) is 3.13. The van der Waals surface area contributed by atoms with E-state index in [4.69, 9.17) is 4.74 Å². The molecule has 1 aliphatic heterocycles. The Labute approximate surface area is 94.6 Å². The topological polar surface area (TPSA) is 67.0 Å². The summed E-state index contributed by atoms with van der Waals surface area (Å²) < 4.78 is 5.44. The quantitative estimate of drug-likeness (QED) is 0.799. The lowest BCUT2D eigenvalue weighted by Gasteiger charge is -2.14. The Morgan fingerprint density at radius 3 is 3.12 bits per heavy atom. The highest BCUT2D eigenvalue weighted by atomic mass is 16.5. The minimum Gasteiger partial charge on any atom is -0.378 e. The SMILES string of the molecule is Cc1[nH]ncc1C(=O)NCC1CCOC1C. The van der Waals surface area contributed by atoms with Gasteiger partial charge >= 0.3 is 0 Å². The number of carbonyl (C=O) groups excluding carboxylic acids is 1. The maximum Gasteiger partial charge on any atom is 0.254 e. The molecule has 2 rings (SSSR count). The molecule has 1 fully saturated rings. The predicted molar refractivity (Wildman–Crippen MR) is 59.2 cm³/mol. The third kappa shape index (κ3) is 2.24. The first-order valence-corrected chi connectivity index (χ1v) is 5.58. The van der Waals surface area contributed by atoms with Gasteiger partial charge in [0.2, 0.25) is 0 Å². The summed E-state index contributed by atoms with van der Waals surface area (Å²) in [5.74, 6) is 0.363. The van der Waals surface area contributed by atoms with Crippen LogP contribution in [-0.4, -0.2) is 35.4 Å². The van der Waals surface area contributed by atoms with Crippen molar-refractivity contribution in [3.05, 3.63) is 17.5 Å². The van der Waals surface area contributed by atoms with Crippen molar-refractivity contribution in [2.45, 2.75) is 26.4 Å². The molecule has 2 heterocycles. The van der Waals surface area contributed by atoms with E-state index < -0.39 is 0 Å². The molecule has 0 aliphatic carbocycles. The van der Waals surface area contributed by atoms with Crippen LogP contribution in [0.5, 0.6) is 0 Å². The normalized spacial score (nSPS) is 24.6. The fraction of sp³-hybridized carbons (Fsp3) is 0.636. The Bertz CT molecular complexity index is 375. The monoisotopic (exact) mass is 223 g/mol. The van der Waals surface area contributed by atoms with E-state index >= 15 is 0 Å². The van der Waals surface area contributed by atoms with Gasteiger partial charge in [0.1, 0.15) is 0 Å². The minimum atomic E-state index is -0.0645. The molecule has 1 aromatic heterocycles. The molecule has 2 N–H and O–H groups in total. The van der Waals surface area contributed by atoms with Crippen LogP contribution in [0.15, 0.2) is 6.20 Å². The summed E-state index contributed by atoms with van der Waals surface area (Å²) >= 11 is 0. The standard InChI is InChI=1S/C11H17N3O2/c1-7-10(6-13-14-7)11(15)12-5-9-3-4-16-8(9)2/h6,8-9H,3-5H2,1-2H3,(H,12,15)(H,13,14). The summed E-state index contributed by atoms with van der Waals surface area (Å²) in [6.07, 6.45) is 2.82. The molecular weight excluding hydrogens is 206 g/mol. The van der Waals surface area contributed by atoms with Crippen LogP contribution in [0.25, 0.3) is 0 Å². The maximum atomic E-state index is 11.8. The first-order valence-electron chi connectivity index (χ1n) is 5.58. The predicted octanol–water partition coefficient (Wildman–Crippen LogP) is 0.873. The zero-order valence-corrected chi connectivity index (χ0v) is 9.62. The van der Waals surface area contributed by atoms with Crippen molar-refractivity contribution in [3.8, 4) is 0 Å². The van der Waals surface area contributed by atoms with E-state index in [-0.39, 0.29) is 12.0 Å². The smallest absolute Gasteiger partial charge is 0.254 e. The fourth-order valence-corrected chi connectivity index (χ4v) is 1.94. The Morgan fingerprint density at radius 2 is 2.56 bits per heavy atom. The highest BCUT2D eigenvalue weighted by Crippen LogP contribution is 2.19. The van der Waals surface area contributed by atoms with Crippen LogP contribution in [0.1, 0.15) is 29.4 Å². The molecule has 16 heavy (non-hydrogen) atoms. The Balaban J connectivity index is 1.86. The van der Waals surface area contributed by atoms with Gasteiger partial charge in [0.25, 0.3) is 5.91 Å². The number of nitrogens with zero attached hydrogens (tertiary/aromatic N) is 1. The van der Waals surface area contributed by atoms with Gasteiger partial charge < -0.3 is 10.1 Å². The lowest BCUT2D eigenvalue weighted by molar-refractivity contribution is 0.0907. The molecule has 88 valence electrons. The molecule has 1 amide bonds. The number of nitrogens with one attached hydrogen (secondary N) is 2. The number of ether oxygens (including phenoxy) is 1. The zero-order valence-electron chi connectivity index (χ0n) is 9.62. The van der Waals surface area contributed by atoms with Gasteiger partial charge in [-0.2, -0.15) is 5.10 Å². The van der Waals surface area contributed by atoms with E-state index in [0.717, 1.165) is 18.7 Å². The van der Waals surface area contributed by atoms with Crippen molar-refractivity contribution >= 4 is 5.91 Å². The van der Waals surface area contributed by atoms with Gasteiger partial charge in [-0.05, 0) is 20.3 Å². The van der Waals surface area contributed by atoms with Gasteiger partial charge in [-0.1, -0.05) is 0 Å². The summed E-state index contributed by atoms with van der Waals surface area (Å²) in [6, 6.07) is 0. The van der Waals surface area contributed by atoms with Gasteiger partial charge in [0.15, 0.2) is 0 Å². The summed E-state index contributed by atoms with van der Waals surface area (Å²) in [7, 11) is 0. The number of aryl methyl sites for hydroxylation is 1. The van der Waals surface area contributed by atoms with E-state index in [9.17, 15) is 4.79 Å². The lowest BCUT2D eigenvalue weighted by Crippen LogP contribution is -2.32. The molecule has 0 bridgehead atoms. The molecule has 0 saturated carbocycles. The number of carbonyl (C=O) groups is 1. The number of H-pyrrole nitrogens is 1. The van der Waals surface area contributed by atoms with Crippen LogP contribution < -0.4 is 5.32 Å². The molecule has 0 aromatic carbocycles. The van der Waals surface area contributed by atoms with E-state index in [2.05, 4.69) is 15.5 Å². The van der Waals surface area contributed by atoms with Gasteiger partial charge in [-0.15, -0.1) is 0 Å². The second kappa shape index (κ2) is 4.65. The van der Waals surface area contributed by atoms with Gasteiger partial charge in [-0.3, -0.25) is 9.89 Å². The van der Waals surface area contributed by atoms with E-state index in [1.165, 1.54) is 0 Å². The highest BCUT2D eigenvalue weighted by molar-refractivity contribution is 5.94. The Kier molecular flexibility index (Phi) is 3.24. The van der Waals surface area contributed by atoms with Gasteiger partial charge in [-0.25, -0.2) is 0 Å². The van der Waals surface area contributed by atoms with Crippen LogP contribution in [-0.2, 0) is 4.74 Å². The van der Waals surface area contributed by atoms with Gasteiger partial charge in [0.05, 0.1) is 17.9 Å². The summed E-state index contributed by atoms with van der Waals surface area (Å²) in [5, 5.41) is 9.50. The number of rotatable bonds is 3. The van der Waals surface area contributed by atoms with Crippen LogP contribution in [0.4, 0.5) is 0 Å². The second-order valence-corrected chi connectivity index (χ2v) is 4.24. The largest absolute Gasteiger partial charge is 0.378 e. The number of aromatic amines is 1. The van der Waals surface area contributed by atoms with Crippen LogP contribution in [0.2, 0.25) is 0 Å².